The van der Waals surface area contributed by atoms with E-state index in [1.807, 2.05) is 31.2 Å². The Kier molecular flexibility index (Phi) is 6.98. The molecule has 170 valence electrons. The maximum atomic E-state index is 12.9. The first-order chi connectivity index (χ1) is 16.1. The van der Waals surface area contributed by atoms with Crippen LogP contribution in [0.4, 0.5) is 5.69 Å². The SMILES string of the molecule is CCCCc1ccc(NC(=O)c2oc3c(c2C)/C(=N/NC(=O)c2cccnc2)CCC3)cc1. The van der Waals surface area contributed by atoms with E-state index in [1.165, 1.54) is 11.8 Å². The Morgan fingerprint density at radius 3 is 2.67 bits per heavy atom. The molecule has 3 aromatic rings. The molecule has 0 fully saturated rings. The average molecular weight is 445 g/mol. The van der Waals surface area contributed by atoms with Gasteiger partial charge < -0.3 is 9.73 Å². The van der Waals surface area contributed by atoms with E-state index < -0.39 is 0 Å². The number of rotatable bonds is 7. The van der Waals surface area contributed by atoms with Crippen LogP contribution in [0.15, 0.2) is 58.3 Å². The summed E-state index contributed by atoms with van der Waals surface area (Å²) in [6.45, 7) is 4.03. The molecule has 0 radical (unpaired) electrons. The summed E-state index contributed by atoms with van der Waals surface area (Å²) >= 11 is 0. The number of hydrogen-bond acceptors (Lipinski definition) is 5. The quantitative estimate of drug-likeness (QED) is 0.499. The van der Waals surface area contributed by atoms with E-state index >= 15 is 0 Å². The molecule has 1 aromatic carbocycles. The van der Waals surface area contributed by atoms with E-state index in [1.54, 1.807) is 18.3 Å². The lowest BCUT2D eigenvalue weighted by Crippen LogP contribution is -2.22. The van der Waals surface area contributed by atoms with Gasteiger partial charge in [-0.05, 0) is 62.4 Å². The van der Waals surface area contributed by atoms with E-state index in [9.17, 15) is 9.59 Å². The molecule has 0 saturated heterocycles. The lowest BCUT2D eigenvalue weighted by molar-refractivity contribution is 0.0953. The van der Waals surface area contributed by atoms with Crippen molar-refractivity contribution in [1.29, 1.82) is 0 Å². The number of aromatic nitrogens is 1. The summed E-state index contributed by atoms with van der Waals surface area (Å²) in [5, 5.41) is 7.28. The van der Waals surface area contributed by atoms with E-state index in [-0.39, 0.29) is 17.6 Å². The fourth-order valence-electron chi connectivity index (χ4n) is 4.00. The van der Waals surface area contributed by atoms with Gasteiger partial charge in [0.25, 0.3) is 11.8 Å². The maximum absolute atomic E-state index is 12.9. The van der Waals surface area contributed by atoms with Gasteiger partial charge in [0.2, 0.25) is 0 Å². The van der Waals surface area contributed by atoms with Gasteiger partial charge in [-0.2, -0.15) is 5.10 Å². The second kappa shape index (κ2) is 10.3. The summed E-state index contributed by atoms with van der Waals surface area (Å²) in [7, 11) is 0. The summed E-state index contributed by atoms with van der Waals surface area (Å²) in [6, 6.07) is 11.3. The number of nitrogens with one attached hydrogen (secondary N) is 2. The number of hydrogen-bond donors (Lipinski definition) is 2. The third-order valence-electron chi connectivity index (χ3n) is 5.78. The number of benzene rings is 1. The van der Waals surface area contributed by atoms with Gasteiger partial charge in [-0.25, -0.2) is 5.43 Å². The Balaban J connectivity index is 1.50. The molecule has 0 saturated carbocycles. The number of nitrogens with zero attached hydrogens (tertiary/aromatic N) is 2. The van der Waals surface area contributed by atoms with Gasteiger partial charge in [0.15, 0.2) is 5.76 Å². The average Bonchev–Trinajstić information content (AvgIpc) is 3.20. The summed E-state index contributed by atoms with van der Waals surface area (Å²) < 4.78 is 5.95. The smallest absolute Gasteiger partial charge is 0.291 e. The molecule has 7 nitrogen and oxygen atoms in total. The van der Waals surface area contributed by atoms with Gasteiger partial charge in [0.1, 0.15) is 5.76 Å². The van der Waals surface area contributed by atoms with Gasteiger partial charge >= 0.3 is 0 Å². The van der Waals surface area contributed by atoms with Gasteiger partial charge in [0.05, 0.1) is 11.3 Å². The lowest BCUT2D eigenvalue weighted by atomic mass is 9.93. The number of carbonyl (C=O) groups excluding carboxylic acids is 2. The number of fused-ring (bicyclic) bond motifs is 1. The Morgan fingerprint density at radius 2 is 1.94 bits per heavy atom. The number of anilines is 1. The molecule has 2 amide bonds. The molecule has 2 aromatic heterocycles. The lowest BCUT2D eigenvalue weighted by Gasteiger charge is -2.13. The second-order valence-electron chi connectivity index (χ2n) is 8.20. The first-order valence-electron chi connectivity index (χ1n) is 11.4. The number of pyridine rings is 1. The molecule has 4 rings (SSSR count). The van der Waals surface area contributed by atoms with Crippen LogP contribution in [-0.4, -0.2) is 22.5 Å². The van der Waals surface area contributed by atoms with E-state index in [4.69, 9.17) is 4.42 Å². The van der Waals surface area contributed by atoms with Crippen LogP contribution in [0.25, 0.3) is 0 Å². The Hall–Kier alpha value is -3.74. The zero-order valence-corrected chi connectivity index (χ0v) is 19.0. The minimum Gasteiger partial charge on any atom is -0.455 e. The standard InChI is InChI=1S/C26H28N4O3/c1-3-4-7-18-11-13-20(14-12-18)28-26(32)24-17(2)23-21(9-5-10-22(23)33-24)29-30-25(31)19-8-6-15-27-16-19/h6,8,11-16H,3-5,7,9-10H2,1-2H3,(H,28,32)(H,30,31)/b29-21+. The molecule has 1 aliphatic rings. The van der Waals surface area contributed by atoms with E-state index in [0.717, 1.165) is 54.7 Å². The monoisotopic (exact) mass is 444 g/mol. The molecule has 0 aliphatic heterocycles. The molecule has 2 heterocycles. The van der Waals surface area contributed by atoms with Crippen LogP contribution in [0.3, 0.4) is 0 Å². The normalized spacial score (nSPS) is 14.1. The molecule has 2 N–H and O–H groups in total. The van der Waals surface area contributed by atoms with Gasteiger partial charge in [-0.1, -0.05) is 25.5 Å². The highest BCUT2D eigenvalue weighted by molar-refractivity contribution is 6.09. The largest absolute Gasteiger partial charge is 0.455 e. The van der Waals surface area contributed by atoms with Crippen molar-refractivity contribution in [2.24, 2.45) is 5.10 Å². The highest BCUT2D eigenvalue weighted by Gasteiger charge is 2.28. The zero-order chi connectivity index (χ0) is 23.2. The summed E-state index contributed by atoms with van der Waals surface area (Å²) in [6.07, 6.45) is 8.69. The number of hydrazone groups is 1. The number of unbranched alkanes of at least 4 members (excludes halogenated alkanes) is 1. The topological polar surface area (TPSA) is 96.6 Å². The van der Waals surface area contributed by atoms with Crippen molar-refractivity contribution in [3.05, 3.63) is 82.6 Å². The van der Waals surface area contributed by atoms with E-state index in [2.05, 4.69) is 27.8 Å². The van der Waals surface area contributed by atoms with E-state index in [0.29, 0.717) is 17.7 Å². The highest BCUT2D eigenvalue weighted by Crippen LogP contribution is 2.30. The predicted octanol–water partition coefficient (Wildman–Crippen LogP) is 5.05. The van der Waals surface area contributed by atoms with Crippen molar-refractivity contribution in [3.8, 4) is 0 Å². The summed E-state index contributed by atoms with van der Waals surface area (Å²) in [5.41, 5.74) is 7.28. The van der Waals surface area contributed by atoms with Crippen molar-refractivity contribution in [1.82, 2.24) is 10.4 Å². The van der Waals surface area contributed by atoms with Crippen molar-refractivity contribution in [2.75, 3.05) is 5.32 Å². The van der Waals surface area contributed by atoms with Gasteiger partial charge in [-0.15, -0.1) is 0 Å². The molecular weight excluding hydrogens is 416 g/mol. The Morgan fingerprint density at radius 1 is 1.12 bits per heavy atom. The van der Waals surface area contributed by atoms with Crippen molar-refractivity contribution in [2.45, 2.75) is 52.4 Å². The van der Waals surface area contributed by atoms with Gasteiger partial charge in [-0.3, -0.25) is 14.6 Å². The fraction of sp³-hybridized carbons (Fsp3) is 0.308. The first kappa shape index (κ1) is 22.5. The van der Waals surface area contributed by atoms with Crippen LogP contribution >= 0.6 is 0 Å². The minimum absolute atomic E-state index is 0.281. The number of aryl methyl sites for hydroxylation is 2. The zero-order valence-electron chi connectivity index (χ0n) is 19.0. The van der Waals surface area contributed by atoms with Crippen LogP contribution in [0.1, 0.15) is 76.0 Å². The van der Waals surface area contributed by atoms with Crippen molar-refractivity contribution < 1.29 is 14.0 Å². The molecule has 7 heteroatoms. The first-order valence-corrected chi connectivity index (χ1v) is 11.4. The molecule has 1 aliphatic carbocycles. The number of carbonyl (C=O) groups is 2. The fourth-order valence-corrected chi connectivity index (χ4v) is 4.00. The molecule has 0 bridgehead atoms. The van der Waals surface area contributed by atoms with Gasteiger partial charge in [0, 0.05) is 35.6 Å². The molecular formula is C26H28N4O3. The number of furan rings is 1. The third kappa shape index (κ3) is 5.19. The maximum Gasteiger partial charge on any atom is 0.291 e. The molecule has 0 unspecified atom stereocenters. The molecule has 0 spiro atoms. The predicted molar refractivity (Wildman–Crippen MR) is 128 cm³/mol. The van der Waals surface area contributed by atoms with Crippen LogP contribution in [0.5, 0.6) is 0 Å². The van der Waals surface area contributed by atoms with Crippen molar-refractivity contribution in [3.63, 3.8) is 0 Å². The van der Waals surface area contributed by atoms with Crippen LogP contribution in [-0.2, 0) is 12.8 Å². The second-order valence-corrected chi connectivity index (χ2v) is 8.20. The van der Waals surface area contributed by atoms with Crippen LogP contribution < -0.4 is 10.7 Å². The molecule has 0 atom stereocenters. The Labute approximate surface area is 193 Å². The molecule has 33 heavy (non-hydrogen) atoms. The summed E-state index contributed by atoms with van der Waals surface area (Å²) in [5.74, 6) is 0.391. The highest BCUT2D eigenvalue weighted by atomic mass is 16.4. The Bertz CT molecular complexity index is 1160. The summed E-state index contributed by atoms with van der Waals surface area (Å²) in [4.78, 5) is 29.2. The van der Waals surface area contributed by atoms with Crippen LogP contribution in [0.2, 0.25) is 0 Å². The van der Waals surface area contributed by atoms with Crippen molar-refractivity contribution >= 4 is 23.2 Å². The number of amides is 2. The minimum atomic E-state index is -0.329. The third-order valence-corrected chi connectivity index (χ3v) is 5.78. The van der Waals surface area contributed by atoms with Crippen LogP contribution in [0, 0.1) is 6.92 Å².